The van der Waals surface area contributed by atoms with Gasteiger partial charge in [0, 0.05) is 30.2 Å². The van der Waals surface area contributed by atoms with Crippen molar-refractivity contribution in [3.8, 4) is 0 Å². The average molecular weight is 355 g/mol. The highest BCUT2D eigenvalue weighted by Crippen LogP contribution is 2.22. The van der Waals surface area contributed by atoms with E-state index in [0.717, 1.165) is 22.6 Å². The van der Waals surface area contributed by atoms with Gasteiger partial charge in [0.25, 0.3) is 0 Å². The van der Waals surface area contributed by atoms with Gasteiger partial charge in [-0.05, 0) is 42.3 Å². The van der Waals surface area contributed by atoms with Crippen LogP contribution in [0.3, 0.4) is 0 Å². The Morgan fingerprint density at radius 2 is 1.96 bits per heavy atom. The predicted molar refractivity (Wildman–Crippen MR) is 99.8 cm³/mol. The Hall–Kier alpha value is -2.79. The van der Waals surface area contributed by atoms with Crippen LogP contribution in [0.5, 0.6) is 0 Å². The second-order valence-electron chi connectivity index (χ2n) is 5.85. The van der Waals surface area contributed by atoms with Crippen LogP contribution in [-0.4, -0.2) is 15.6 Å². The van der Waals surface area contributed by atoms with E-state index in [9.17, 15) is 4.79 Å². The minimum absolute atomic E-state index is 0.298. The minimum atomic E-state index is -0.387. The van der Waals surface area contributed by atoms with Crippen LogP contribution in [0.25, 0.3) is 0 Å². The third-order valence-corrected chi connectivity index (χ3v) is 4.12. The van der Waals surface area contributed by atoms with Crippen molar-refractivity contribution >= 4 is 23.3 Å². The van der Waals surface area contributed by atoms with E-state index in [1.807, 2.05) is 61.1 Å². The number of aromatic nitrogens is 2. The molecule has 5 nitrogen and oxygen atoms in total. The number of benzene rings is 2. The largest absolute Gasteiger partial charge is 0.336 e. The summed E-state index contributed by atoms with van der Waals surface area (Å²) in [5, 5.41) is 6.50. The van der Waals surface area contributed by atoms with Gasteiger partial charge in [-0.15, -0.1) is 0 Å². The number of aryl methyl sites for hydroxylation is 2. The maximum atomic E-state index is 12.5. The summed E-state index contributed by atoms with van der Waals surface area (Å²) in [7, 11) is 1.89. The number of nitrogens with one attached hydrogen (secondary N) is 2. The Morgan fingerprint density at radius 3 is 2.60 bits per heavy atom. The Morgan fingerprint density at radius 1 is 1.20 bits per heavy atom. The molecule has 0 bridgehead atoms. The summed E-state index contributed by atoms with van der Waals surface area (Å²) in [5.74, 6) is 0.738. The molecule has 0 radical (unpaired) electrons. The lowest BCUT2D eigenvalue weighted by Gasteiger charge is -2.19. The molecule has 2 amide bonds. The molecule has 128 valence electrons. The predicted octanol–water partition coefficient (Wildman–Crippen LogP) is 4.29. The molecule has 1 atom stereocenters. The normalized spacial score (nSPS) is 11.8. The number of anilines is 1. The van der Waals surface area contributed by atoms with Gasteiger partial charge in [0.15, 0.2) is 0 Å². The van der Waals surface area contributed by atoms with Gasteiger partial charge >= 0.3 is 6.03 Å². The third kappa shape index (κ3) is 4.19. The van der Waals surface area contributed by atoms with Gasteiger partial charge in [-0.3, -0.25) is 0 Å². The molecule has 2 N–H and O–H groups in total. The molecule has 0 spiro atoms. The summed E-state index contributed by atoms with van der Waals surface area (Å²) in [6.45, 7) is 1.98. The Labute approximate surface area is 151 Å². The molecule has 0 saturated carbocycles. The number of halogens is 1. The molecular weight excluding hydrogens is 336 g/mol. The average Bonchev–Trinajstić information content (AvgIpc) is 2.99. The summed E-state index contributed by atoms with van der Waals surface area (Å²) in [5.41, 5.74) is 2.72. The maximum Gasteiger partial charge on any atom is 0.320 e. The minimum Gasteiger partial charge on any atom is -0.336 e. The lowest BCUT2D eigenvalue weighted by atomic mass is 10.1. The quantitative estimate of drug-likeness (QED) is 0.734. The molecule has 1 aromatic heterocycles. The van der Waals surface area contributed by atoms with Crippen molar-refractivity contribution in [3.63, 3.8) is 0 Å². The molecule has 0 fully saturated rings. The lowest BCUT2D eigenvalue weighted by molar-refractivity contribution is 0.249. The van der Waals surface area contributed by atoms with Crippen LogP contribution >= 0.6 is 11.6 Å². The number of urea groups is 1. The highest BCUT2D eigenvalue weighted by Gasteiger charge is 2.20. The van der Waals surface area contributed by atoms with E-state index >= 15 is 0 Å². The molecule has 0 saturated heterocycles. The molecule has 0 aliphatic heterocycles. The standard InChI is InChI=1S/C19H19ClN4O/c1-13-4-3-5-16(12-13)22-19(25)23-17(18-21-10-11-24(18)2)14-6-8-15(20)9-7-14/h3-12,17H,1-2H3,(H2,22,23,25). The maximum absolute atomic E-state index is 12.5. The number of hydrogen-bond donors (Lipinski definition) is 2. The summed E-state index contributed by atoms with van der Waals surface area (Å²) >= 11 is 5.98. The van der Waals surface area contributed by atoms with E-state index in [2.05, 4.69) is 15.6 Å². The number of carbonyl (C=O) groups excluding carboxylic acids is 1. The Bertz CT molecular complexity index is 873. The summed E-state index contributed by atoms with van der Waals surface area (Å²) in [4.78, 5) is 16.9. The van der Waals surface area contributed by atoms with Crippen molar-refractivity contribution in [1.29, 1.82) is 0 Å². The first-order valence-corrected chi connectivity index (χ1v) is 8.27. The number of nitrogens with zero attached hydrogens (tertiary/aromatic N) is 2. The molecule has 3 rings (SSSR count). The van der Waals surface area contributed by atoms with E-state index in [0.29, 0.717) is 5.02 Å². The van der Waals surface area contributed by atoms with Gasteiger partial charge in [0.1, 0.15) is 11.9 Å². The highest BCUT2D eigenvalue weighted by molar-refractivity contribution is 6.30. The topological polar surface area (TPSA) is 59.0 Å². The zero-order valence-corrected chi connectivity index (χ0v) is 14.8. The van der Waals surface area contributed by atoms with Crippen LogP contribution in [0.15, 0.2) is 60.9 Å². The molecule has 0 aliphatic rings. The Balaban J connectivity index is 1.83. The third-order valence-electron chi connectivity index (χ3n) is 3.87. The molecule has 1 unspecified atom stereocenters. The van der Waals surface area contributed by atoms with Crippen molar-refractivity contribution in [2.45, 2.75) is 13.0 Å². The zero-order valence-electron chi connectivity index (χ0n) is 14.0. The molecule has 25 heavy (non-hydrogen) atoms. The smallest absolute Gasteiger partial charge is 0.320 e. The van der Waals surface area contributed by atoms with E-state index in [4.69, 9.17) is 11.6 Å². The number of hydrogen-bond acceptors (Lipinski definition) is 2. The van der Waals surface area contributed by atoms with Crippen LogP contribution < -0.4 is 10.6 Å². The molecule has 0 aliphatic carbocycles. The fourth-order valence-electron chi connectivity index (χ4n) is 2.63. The first kappa shape index (κ1) is 17.0. The van der Waals surface area contributed by atoms with Gasteiger partial charge < -0.3 is 15.2 Å². The summed E-state index contributed by atoms with van der Waals surface area (Å²) in [6, 6.07) is 14.3. The van der Waals surface area contributed by atoms with Gasteiger partial charge in [0.05, 0.1) is 0 Å². The fourth-order valence-corrected chi connectivity index (χ4v) is 2.75. The van der Waals surface area contributed by atoms with Gasteiger partial charge in [-0.2, -0.15) is 0 Å². The van der Waals surface area contributed by atoms with Crippen molar-refractivity contribution in [2.24, 2.45) is 7.05 Å². The lowest BCUT2D eigenvalue weighted by Crippen LogP contribution is -2.34. The molecule has 2 aromatic carbocycles. The van der Waals surface area contributed by atoms with Gasteiger partial charge in [0.2, 0.25) is 0 Å². The SMILES string of the molecule is Cc1cccc(NC(=O)NC(c2ccc(Cl)cc2)c2nccn2C)c1. The second-order valence-corrected chi connectivity index (χ2v) is 6.29. The molecule has 3 aromatic rings. The first-order valence-electron chi connectivity index (χ1n) is 7.90. The van der Waals surface area contributed by atoms with Crippen molar-refractivity contribution in [1.82, 2.24) is 14.9 Å². The van der Waals surface area contributed by atoms with Crippen LogP contribution in [0.2, 0.25) is 5.02 Å². The zero-order chi connectivity index (χ0) is 17.8. The van der Waals surface area contributed by atoms with Crippen molar-refractivity contribution < 1.29 is 4.79 Å². The molecular formula is C19H19ClN4O. The van der Waals surface area contributed by atoms with Crippen LogP contribution in [-0.2, 0) is 7.05 Å². The number of amides is 2. The number of rotatable bonds is 4. The van der Waals surface area contributed by atoms with Gasteiger partial charge in [-0.25, -0.2) is 9.78 Å². The summed E-state index contributed by atoms with van der Waals surface area (Å²) in [6.07, 6.45) is 3.55. The van der Waals surface area contributed by atoms with Crippen LogP contribution in [0.1, 0.15) is 23.0 Å². The highest BCUT2D eigenvalue weighted by atomic mass is 35.5. The number of carbonyl (C=O) groups is 1. The Kier molecular flexibility index (Phi) is 5.05. The summed E-state index contributed by atoms with van der Waals surface area (Å²) < 4.78 is 1.88. The molecule has 1 heterocycles. The fraction of sp³-hybridized carbons (Fsp3) is 0.158. The van der Waals surface area contributed by atoms with E-state index in [1.54, 1.807) is 18.3 Å². The second kappa shape index (κ2) is 7.40. The van der Waals surface area contributed by atoms with Gasteiger partial charge in [-0.1, -0.05) is 35.9 Å². The van der Waals surface area contributed by atoms with E-state index in [1.165, 1.54) is 0 Å². The monoisotopic (exact) mass is 354 g/mol. The van der Waals surface area contributed by atoms with Crippen molar-refractivity contribution in [3.05, 3.63) is 82.9 Å². The van der Waals surface area contributed by atoms with E-state index in [-0.39, 0.29) is 12.1 Å². The van der Waals surface area contributed by atoms with Crippen molar-refractivity contribution in [2.75, 3.05) is 5.32 Å². The molecule has 6 heteroatoms. The first-order chi connectivity index (χ1) is 12.0. The van der Waals surface area contributed by atoms with E-state index < -0.39 is 0 Å². The van der Waals surface area contributed by atoms with Crippen LogP contribution in [0, 0.1) is 6.92 Å². The number of imidazole rings is 1. The van der Waals surface area contributed by atoms with Crippen LogP contribution in [0.4, 0.5) is 10.5 Å².